The molecule has 0 aromatic carbocycles. The Labute approximate surface area is 639 Å². The van der Waals surface area contributed by atoms with Crippen LogP contribution in [0.25, 0.3) is 0 Å². The minimum absolute atomic E-state index is 0. The van der Waals surface area contributed by atoms with Gasteiger partial charge in [0.1, 0.15) is 5.97 Å². The van der Waals surface area contributed by atoms with Crippen molar-refractivity contribution in [1.82, 2.24) is 40.0 Å². The molecule has 0 spiro atoms. The summed E-state index contributed by atoms with van der Waals surface area (Å²) in [4.78, 5) is 166. The Bertz CT molecular complexity index is 4030. The zero-order valence-electron chi connectivity index (χ0n) is 58.8. The van der Waals surface area contributed by atoms with Gasteiger partial charge in [0, 0.05) is 70.0 Å². The average molecular weight is 1510 g/mol. The van der Waals surface area contributed by atoms with Crippen LogP contribution in [0.15, 0.2) is 144 Å². The van der Waals surface area contributed by atoms with Crippen molar-refractivity contribution in [1.29, 1.82) is 0 Å². The molecule has 8 aromatic heterocycles. The number of nitrogens with two attached hydrogens (primary N) is 4. The van der Waals surface area contributed by atoms with Gasteiger partial charge in [0.25, 0.3) is 5.91 Å². The van der Waals surface area contributed by atoms with Gasteiger partial charge in [-0.15, -0.1) is 45.3 Å². The van der Waals surface area contributed by atoms with E-state index in [9.17, 15) is 62.6 Å². The van der Waals surface area contributed by atoms with Gasteiger partial charge >= 0.3 is 54.3 Å². The molecule has 12 rings (SSSR count). The number of carbonyl (C=O) groups excluding carboxylic acids is 12. The van der Waals surface area contributed by atoms with Crippen molar-refractivity contribution < 1.29 is 81.5 Å². The number of aromatic nitrogens is 4. The van der Waals surface area contributed by atoms with Gasteiger partial charge in [0.05, 0.1) is 87.9 Å². The molecule has 106 heavy (non-hydrogen) atoms. The van der Waals surface area contributed by atoms with Crippen molar-refractivity contribution in [2.45, 2.75) is 103 Å². The van der Waals surface area contributed by atoms with Crippen molar-refractivity contribution in [3.05, 3.63) is 186 Å². The minimum Gasteiger partial charge on any atom is -0.540 e. The van der Waals surface area contributed by atoms with Gasteiger partial charge in [-0.2, -0.15) is 0 Å². The number of carboxylic acid groups (broad SMARTS) is 1. The van der Waals surface area contributed by atoms with Gasteiger partial charge in [-0.05, 0) is 152 Å². The number of carboxylic acids is 1. The molecule has 4 saturated heterocycles. The van der Waals surface area contributed by atoms with Crippen LogP contribution in [0, 0.1) is 23.7 Å². The van der Waals surface area contributed by atoms with Crippen molar-refractivity contribution in [2.75, 3.05) is 47.4 Å². The van der Waals surface area contributed by atoms with Gasteiger partial charge in [-0.3, -0.25) is 72.7 Å². The van der Waals surface area contributed by atoms with E-state index in [2.05, 4.69) is 86.4 Å². The molecule has 4 fully saturated rings. The number of hydrogen-bond acceptors (Lipinski definition) is 22. The smallest absolute Gasteiger partial charge is 0.540 e. The Hall–Kier alpha value is -10.4. The summed E-state index contributed by atoms with van der Waals surface area (Å²) < 4.78 is 0. The number of primary amides is 4. The molecule has 4 aliphatic rings. The van der Waals surface area contributed by atoms with Crippen LogP contribution >= 0.6 is 45.3 Å². The normalized spacial score (nSPS) is 19.3. The number of aliphatic carboxylic acids is 1. The number of amides is 11. The third kappa shape index (κ3) is 24.1. The summed E-state index contributed by atoms with van der Waals surface area (Å²) in [7, 11) is 0. The Kier molecular flexibility index (Phi) is 31.4. The summed E-state index contributed by atoms with van der Waals surface area (Å²) in [5.41, 5.74) is 22.0. The van der Waals surface area contributed by atoms with E-state index in [1.54, 1.807) is 48.7 Å². The number of hydrogen-bond donors (Lipinski definition) is 9. The van der Waals surface area contributed by atoms with Crippen molar-refractivity contribution >= 4 is 139 Å². The monoisotopic (exact) mass is 1510 g/mol. The van der Waals surface area contributed by atoms with E-state index in [0.717, 1.165) is 59.1 Å². The number of pyridine rings is 4. The summed E-state index contributed by atoms with van der Waals surface area (Å²) >= 11 is 6.63. The van der Waals surface area contributed by atoms with Crippen LogP contribution in [0.4, 0.5) is 22.7 Å². The van der Waals surface area contributed by atoms with Crippen LogP contribution in [0.5, 0.6) is 0 Å². The van der Waals surface area contributed by atoms with Crippen molar-refractivity contribution in [3.63, 3.8) is 0 Å². The molecule has 13 N–H and O–H groups in total. The first-order valence-electron chi connectivity index (χ1n) is 33.5. The Morgan fingerprint density at radius 1 is 0.396 bits per heavy atom. The number of likely N-dealkylation sites (tertiary alicyclic amines) is 3. The average Bonchev–Trinajstić information content (AvgIpc) is 1.21. The summed E-state index contributed by atoms with van der Waals surface area (Å²) in [6.07, 6.45) is 18.6. The van der Waals surface area contributed by atoms with E-state index in [0.29, 0.717) is 43.4 Å². The summed E-state index contributed by atoms with van der Waals surface area (Å²) in [6, 6.07) is 22.0. The number of thiophene rings is 4. The van der Waals surface area contributed by atoms with Crippen LogP contribution in [0.2, 0.25) is 0 Å². The fraction of sp³-hybridized carbons (Fsp3) is 0.333. The number of carbonyl (C=O) groups is 12. The summed E-state index contributed by atoms with van der Waals surface area (Å²) in [5, 5.41) is 31.3. The number of rotatable bonds is 12. The minimum atomic E-state index is -1.88. The Morgan fingerprint density at radius 2 is 0.670 bits per heavy atom. The number of anilines is 4. The first kappa shape index (κ1) is 82.9. The van der Waals surface area contributed by atoms with Gasteiger partial charge < -0.3 is 74.1 Å². The van der Waals surface area contributed by atoms with Gasteiger partial charge in [-0.25, -0.2) is 0 Å². The second-order valence-electron chi connectivity index (χ2n) is 25.6. The standard InChI is InChI=1S/3C18H20N4O3S.C10H15NS.C8H7N3O4.Li/c3*1-11-4-5-14(15-3-2-6-26-15)22(10-11)18(25)17(24)21-13-7-12(16(19)23)8-20-9-13;1-8-4-5-9(11-7-8)10-3-2-6-12-10;9-6(12)4-1-5(3-10-2-4)11-7(13)8(14)15;/h3*2-3,6-9,11,14H,4-5,10H2,1H3,(H2,19,23)(H,21,24);2-3,6,8-9,11H,4-5,7H2,1H3;1-3H,(H2,9,12)(H,11,13)(H,14,15);/q;;;;;+1/p-1/t3*11-,14+;;;/m110.../s1. The largest absolute Gasteiger partial charge is 1.00 e. The maximum Gasteiger partial charge on any atom is 1.00 e. The Morgan fingerprint density at radius 3 is 0.915 bits per heavy atom. The molecule has 552 valence electrons. The third-order valence-electron chi connectivity index (χ3n) is 17.3. The van der Waals surface area contributed by atoms with Gasteiger partial charge in [0.15, 0.2) is 0 Å². The van der Waals surface area contributed by atoms with E-state index in [1.807, 2.05) is 69.2 Å². The van der Waals surface area contributed by atoms with Crippen LogP contribution in [-0.4, -0.2) is 132 Å². The van der Waals surface area contributed by atoms with Crippen LogP contribution in [-0.2, 0) is 38.4 Å². The van der Waals surface area contributed by atoms with Gasteiger partial charge in [-0.1, -0.05) is 52.0 Å². The Balaban J connectivity index is 0.000000189. The van der Waals surface area contributed by atoms with E-state index >= 15 is 0 Å². The van der Waals surface area contributed by atoms with E-state index in [-0.39, 0.29) is 82.0 Å². The van der Waals surface area contributed by atoms with Crippen LogP contribution in [0.3, 0.4) is 0 Å². The maximum absolute atomic E-state index is 12.8. The maximum atomic E-state index is 12.8. The molecule has 0 bridgehead atoms. The predicted octanol–water partition coefficient (Wildman–Crippen LogP) is 4.22. The van der Waals surface area contributed by atoms with Crippen LogP contribution < -0.4 is 73.5 Å². The quantitative estimate of drug-likeness (QED) is 0.0610. The summed E-state index contributed by atoms with van der Waals surface area (Å²) in [6.45, 7) is 11.3. The third-order valence-corrected chi connectivity index (χ3v) is 21.2. The van der Waals surface area contributed by atoms with Crippen LogP contribution in [0.1, 0.15) is 164 Å². The molecule has 0 aliphatic carbocycles. The molecular weight excluding hydrogens is 1430 g/mol. The van der Waals surface area contributed by atoms with E-state index < -0.39 is 70.9 Å². The molecule has 8 aromatic rings. The summed E-state index contributed by atoms with van der Waals surface area (Å²) in [5.74, 6) is -8.00. The zero-order chi connectivity index (χ0) is 75.9. The fourth-order valence-electron chi connectivity index (χ4n) is 11.9. The SMILES string of the molecule is CC1CCC(c2cccs2)NC1.C[C@@H]1CC[C@@H](c2cccs2)N(C(=O)C(=O)Nc2cncc(C(N)=O)c2)C1.C[C@@H]1CC[C@@H](c2cccs2)N(C(=O)C(=O)Nc2cncc(C(N)=O)c2)C1.C[C@H]1CC[C@H](c2cccs2)N(C(=O)C(=O)Nc2cncc(C(N)=O)c2)C1.NC(=O)c1cncc(NC(=O)C(=O)[O-])c1.[Li+]. The molecule has 0 radical (unpaired) electrons. The second kappa shape index (κ2) is 40.2. The van der Waals surface area contributed by atoms with E-state index in [4.69, 9.17) is 22.9 Å². The molecule has 8 atom stereocenters. The number of nitrogens with zero attached hydrogens (tertiary/aromatic N) is 7. The fourth-order valence-corrected chi connectivity index (χ4v) is 15.3. The molecule has 4 aliphatic heterocycles. The molecule has 29 nitrogen and oxygen atoms in total. The van der Waals surface area contributed by atoms with E-state index in [1.165, 1.54) is 98.1 Å². The molecule has 0 saturated carbocycles. The van der Waals surface area contributed by atoms with Crippen molar-refractivity contribution in [3.8, 4) is 0 Å². The zero-order valence-corrected chi connectivity index (χ0v) is 62.1. The molecule has 11 amide bonds. The topological polar surface area (TPSA) is 453 Å². The van der Waals surface area contributed by atoms with Gasteiger partial charge in [0.2, 0.25) is 23.6 Å². The molecule has 12 heterocycles. The molecule has 34 heteroatoms. The first-order valence-corrected chi connectivity index (χ1v) is 37.0. The molecule has 2 unspecified atom stereocenters. The second-order valence-corrected chi connectivity index (χ2v) is 29.5. The number of piperidine rings is 4. The molecular formula is C72H81LiN16O13S4. The number of nitrogens with one attached hydrogen (secondary N) is 5. The van der Waals surface area contributed by atoms with Crippen molar-refractivity contribution in [2.24, 2.45) is 46.6 Å². The first-order chi connectivity index (χ1) is 50.2. The predicted molar refractivity (Wildman–Crippen MR) is 396 cm³/mol.